The maximum absolute atomic E-state index is 10.6. The molecule has 1 saturated carbocycles. The third-order valence-electron chi connectivity index (χ3n) is 3.91. The molecule has 0 unspecified atom stereocenters. The average Bonchev–Trinajstić information content (AvgIpc) is 2.57. The van der Waals surface area contributed by atoms with Crippen LogP contribution < -0.4 is 11.1 Å². The van der Waals surface area contributed by atoms with Gasteiger partial charge in [0.05, 0.1) is 5.60 Å². The maximum Gasteiger partial charge on any atom is 0.134 e. The molecule has 5 nitrogen and oxygen atoms in total. The summed E-state index contributed by atoms with van der Waals surface area (Å²) in [5.41, 5.74) is 6.07. The summed E-state index contributed by atoms with van der Waals surface area (Å²) < 4.78 is 0. The zero-order valence-corrected chi connectivity index (χ0v) is 11.9. The van der Waals surface area contributed by atoms with Crippen LogP contribution in [-0.2, 0) is 0 Å². The first-order valence-electron chi connectivity index (χ1n) is 7.07. The van der Waals surface area contributed by atoms with Crippen LogP contribution >= 0.6 is 0 Å². The highest BCUT2D eigenvalue weighted by Crippen LogP contribution is 2.28. The fourth-order valence-corrected chi connectivity index (χ4v) is 2.63. The summed E-state index contributed by atoms with van der Waals surface area (Å²) in [4.78, 5) is 8.48. The Bertz CT molecular complexity index is 439. The normalized spacial score (nSPS) is 18.9. The Morgan fingerprint density at radius 3 is 2.42 bits per heavy atom. The van der Waals surface area contributed by atoms with Crippen molar-refractivity contribution in [2.24, 2.45) is 0 Å². The number of nitrogens with two attached hydrogens (primary N) is 1. The van der Waals surface area contributed by atoms with Crippen molar-refractivity contribution >= 4 is 11.6 Å². The molecule has 0 spiro atoms. The van der Waals surface area contributed by atoms with Gasteiger partial charge in [0.2, 0.25) is 0 Å². The van der Waals surface area contributed by atoms with Crippen molar-refractivity contribution in [3.05, 3.63) is 11.4 Å². The molecule has 0 radical (unpaired) electrons. The molecule has 0 atom stereocenters. The van der Waals surface area contributed by atoms with Gasteiger partial charge in [0, 0.05) is 12.1 Å². The second-order valence-electron chi connectivity index (χ2n) is 5.62. The lowest BCUT2D eigenvalue weighted by Crippen LogP contribution is -2.36. The van der Waals surface area contributed by atoms with E-state index < -0.39 is 5.60 Å². The molecule has 1 heterocycles. The van der Waals surface area contributed by atoms with Crippen LogP contribution in [0.5, 0.6) is 0 Å². The summed E-state index contributed by atoms with van der Waals surface area (Å²) in [6, 6.07) is 0. The van der Waals surface area contributed by atoms with Gasteiger partial charge in [-0.2, -0.15) is 0 Å². The molecule has 0 bridgehead atoms. The Labute approximate surface area is 114 Å². The van der Waals surface area contributed by atoms with Gasteiger partial charge in [-0.15, -0.1) is 0 Å². The van der Waals surface area contributed by atoms with Crippen molar-refractivity contribution in [3.63, 3.8) is 0 Å². The van der Waals surface area contributed by atoms with Crippen LogP contribution in [0.25, 0.3) is 0 Å². The van der Waals surface area contributed by atoms with Crippen LogP contribution in [-0.4, -0.2) is 27.2 Å². The SMILES string of the molecule is Cc1nc(N)c(C)c(NCC2(O)CCCCCC2)n1. The lowest BCUT2D eigenvalue weighted by molar-refractivity contribution is 0.0380. The summed E-state index contributed by atoms with van der Waals surface area (Å²) in [6.45, 7) is 4.25. The van der Waals surface area contributed by atoms with E-state index in [1.54, 1.807) is 0 Å². The average molecular weight is 264 g/mol. The quantitative estimate of drug-likeness (QED) is 0.729. The van der Waals surface area contributed by atoms with E-state index in [0.29, 0.717) is 18.2 Å². The standard InChI is InChI=1S/C14H24N4O/c1-10-12(15)17-11(2)18-13(10)16-9-14(19)7-5-3-4-6-8-14/h19H,3-9H2,1-2H3,(H3,15,16,17,18). The molecule has 0 aromatic carbocycles. The van der Waals surface area contributed by atoms with Gasteiger partial charge in [0.25, 0.3) is 0 Å². The van der Waals surface area contributed by atoms with Crippen molar-refractivity contribution < 1.29 is 5.11 Å². The maximum atomic E-state index is 10.6. The topological polar surface area (TPSA) is 84.1 Å². The van der Waals surface area contributed by atoms with E-state index in [-0.39, 0.29) is 0 Å². The van der Waals surface area contributed by atoms with Crippen LogP contribution in [0.3, 0.4) is 0 Å². The fourth-order valence-electron chi connectivity index (χ4n) is 2.63. The van der Waals surface area contributed by atoms with E-state index in [1.807, 2.05) is 13.8 Å². The van der Waals surface area contributed by atoms with Crippen LogP contribution in [0.15, 0.2) is 0 Å². The Morgan fingerprint density at radius 2 is 1.79 bits per heavy atom. The number of aryl methyl sites for hydroxylation is 1. The smallest absolute Gasteiger partial charge is 0.134 e. The van der Waals surface area contributed by atoms with E-state index in [2.05, 4.69) is 15.3 Å². The molecule has 0 aliphatic heterocycles. The van der Waals surface area contributed by atoms with Gasteiger partial charge >= 0.3 is 0 Å². The van der Waals surface area contributed by atoms with E-state index in [0.717, 1.165) is 37.1 Å². The highest BCUT2D eigenvalue weighted by Gasteiger charge is 2.28. The molecular weight excluding hydrogens is 240 g/mol. The Balaban J connectivity index is 2.05. The van der Waals surface area contributed by atoms with Crippen molar-refractivity contribution in [2.45, 2.75) is 58.0 Å². The molecule has 106 valence electrons. The lowest BCUT2D eigenvalue weighted by atomic mass is 9.94. The van der Waals surface area contributed by atoms with Crippen molar-refractivity contribution in [2.75, 3.05) is 17.6 Å². The number of rotatable bonds is 3. The molecule has 1 fully saturated rings. The van der Waals surface area contributed by atoms with Crippen LogP contribution in [0, 0.1) is 13.8 Å². The summed E-state index contributed by atoms with van der Waals surface area (Å²) in [7, 11) is 0. The molecule has 2 rings (SSSR count). The number of hydrogen-bond donors (Lipinski definition) is 3. The molecule has 1 aromatic heterocycles. The third-order valence-corrected chi connectivity index (χ3v) is 3.91. The lowest BCUT2D eigenvalue weighted by Gasteiger charge is -2.27. The van der Waals surface area contributed by atoms with E-state index >= 15 is 0 Å². The van der Waals surface area contributed by atoms with Crippen LogP contribution in [0.4, 0.5) is 11.6 Å². The number of nitrogens with one attached hydrogen (secondary N) is 1. The van der Waals surface area contributed by atoms with E-state index in [1.165, 1.54) is 12.8 Å². The second kappa shape index (κ2) is 5.74. The number of hydrogen-bond acceptors (Lipinski definition) is 5. The van der Waals surface area contributed by atoms with Gasteiger partial charge in [-0.3, -0.25) is 0 Å². The minimum atomic E-state index is -0.615. The van der Waals surface area contributed by atoms with E-state index in [4.69, 9.17) is 5.73 Å². The minimum Gasteiger partial charge on any atom is -0.388 e. The first-order valence-corrected chi connectivity index (χ1v) is 7.07. The molecule has 0 amide bonds. The van der Waals surface area contributed by atoms with Crippen LogP contribution in [0.1, 0.15) is 49.9 Å². The summed E-state index contributed by atoms with van der Waals surface area (Å²) >= 11 is 0. The van der Waals surface area contributed by atoms with Gasteiger partial charge < -0.3 is 16.2 Å². The largest absolute Gasteiger partial charge is 0.388 e. The molecule has 19 heavy (non-hydrogen) atoms. The third kappa shape index (κ3) is 3.56. The summed E-state index contributed by atoms with van der Waals surface area (Å²) in [6.07, 6.45) is 6.36. The number of aromatic nitrogens is 2. The highest BCUT2D eigenvalue weighted by atomic mass is 16.3. The highest BCUT2D eigenvalue weighted by molar-refractivity contribution is 5.54. The van der Waals surface area contributed by atoms with E-state index in [9.17, 15) is 5.11 Å². The molecule has 1 aliphatic carbocycles. The second-order valence-corrected chi connectivity index (χ2v) is 5.62. The van der Waals surface area contributed by atoms with Crippen molar-refractivity contribution in [3.8, 4) is 0 Å². The number of anilines is 2. The summed E-state index contributed by atoms with van der Waals surface area (Å²) in [5.74, 6) is 1.89. The Kier molecular flexibility index (Phi) is 4.24. The zero-order valence-electron chi connectivity index (χ0n) is 11.9. The first kappa shape index (κ1) is 14.1. The predicted octanol–water partition coefficient (Wildman–Crippen LogP) is 2.17. The first-order chi connectivity index (χ1) is 9.00. The monoisotopic (exact) mass is 264 g/mol. The molecule has 1 aromatic rings. The van der Waals surface area contributed by atoms with Gasteiger partial charge in [0.1, 0.15) is 17.5 Å². The molecule has 4 N–H and O–H groups in total. The minimum absolute atomic E-state index is 0.503. The van der Waals surface area contributed by atoms with Gasteiger partial charge in [-0.1, -0.05) is 25.7 Å². The molecule has 5 heteroatoms. The zero-order chi connectivity index (χ0) is 13.9. The molecular formula is C14H24N4O. The van der Waals surface area contributed by atoms with Crippen molar-refractivity contribution in [1.82, 2.24) is 9.97 Å². The predicted molar refractivity (Wildman–Crippen MR) is 77.1 cm³/mol. The van der Waals surface area contributed by atoms with Gasteiger partial charge in [-0.25, -0.2) is 9.97 Å². The summed E-state index contributed by atoms with van der Waals surface area (Å²) in [5, 5.41) is 13.9. The molecule has 1 aliphatic rings. The van der Waals surface area contributed by atoms with Gasteiger partial charge in [0.15, 0.2) is 0 Å². The molecule has 0 saturated heterocycles. The fraction of sp³-hybridized carbons (Fsp3) is 0.714. The van der Waals surface area contributed by atoms with Gasteiger partial charge in [-0.05, 0) is 26.7 Å². The Hall–Kier alpha value is -1.36. The Morgan fingerprint density at radius 1 is 1.16 bits per heavy atom. The van der Waals surface area contributed by atoms with Crippen LogP contribution in [0.2, 0.25) is 0 Å². The number of nitrogens with zero attached hydrogens (tertiary/aromatic N) is 2. The number of nitrogen functional groups attached to an aromatic ring is 1. The van der Waals surface area contributed by atoms with Crippen molar-refractivity contribution in [1.29, 1.82) is 0 Å². The number of aliphatic hydroxyl groups is 1.